The second kappa shape index (κ2) is 6.74. The minimum Gasteiger partial charge on any atom is -0.388 e. The lowest BCUT2D eigenvalue weighted by atomic mass is 10.1. The second-order valence-electron chi connectivity index (χ2n) is 5.76. The maximum atomic E-state index is 10.2. The van der Waals surface area contributed by atoms with Crippen molar-refractivity contribution in [3.05, 3.63) is 52.0 Å². The molecule has 20 heavy (non-hydrogen) atoms. The van der Waals surface area contributed by atoms with Crippen molar-refractivity contribution in [1.29, 1.82) is 0 Å². The summed E-state index contributed by atoms with van der Waals surface area (Å²) in [5.74, 6) is 0.940. The number of nitrogens with zero attached hydrogens (tertiary/aromatic N) is 1. The topological polar surface area (TPSA) is 33.1 Å². The van der Waals surface area contributed by atoms with E-state index in [1.807, 2.05) is 42.1 Å². The van der Waals surface area contributed by atoms with Gasteiger partial charge in [-0.2, -0.15) is 0 Å². The Morgan fingerprint density at radius 3 is 2.60 bits per heavy atom. The van der Waals surface area contributed by atoms with Crippen LogP contribution in [0.5, 0.6) is 0 Å². The lowest BCUT2D eigenvalue weighted by Crippen LogP contribution is -2.07. The fourth-order valence-electron chi connectivity index (χ4n) is 1.78. The molecule has 1 N–H and O–H groups in total. The van der Waals surface area contributed by atoms with E-state index in [0.29, 0.717) is 6.42 Å². The molecule has 1 unspecified atom stereocenters. The fourth-order valence-corrected chi connectivity index (χ4v) is 3.44. The number of aliphatic hydroxyl groups is 1. The van der Waals surface area contributed by atoms with E-state index < -0.39 is 6.10 Å². The van der Waals surface area contributed by atoms with Crippen molar-refractivity contribution in [3.8, 4) is 0 Å². The van der Waals surface area contributed by atoms with E-state index in [1.165, 1.54) is 0 Å². The first-order chi connectivity index (χ1) is 9.44. The third kappa shape index (κ3) is 4.93. The minimum absolute atomic E-state index is 0.259. The predicted molar refractivity (Wildman–Crippen MR) is 88.3 cm³/mol. The van der Waals surface area contributed by atoms with E-state index in [-0.39, 0.29) is 4.75 Å². The zero-order valence-electron chi connectivity index (χ0n) is 12.2. The summed E-state index contributed by atoms with van der Waals surface area (Å²) in [6, 6.07) is 9.76. The van der Waals surface area contributed by atoms with E-state index in [9.17, 15) is 5.11 Å². The van der Waals surface area contributed by atoms with Gasteiger partial charge in [-0.25, -0.2) is 4.98 Å². The Morgan fingerprint density at radius 2 is 1.95 bits per heavy atom. The summed E-state index contributed by atoms with van der Waals surface area (Å²) in [6.07, 6.45) is 0.113. The van der Waals surface area contributed by atoms with Crippen molar-refractivity contribution in [1.82, 2.24) is 4.98 Å². The van der Waals surface area contributed by atoms with Crippen molar-refractivity contribution in [2.45, 2.75) is 43.8 Å². The molecular weight excluding hydrogens is 286 g/mol. The number of thioether (sulfide) groups is 1. The van der Waals surface area contributed by atoms with Crippen molar-refractivity contribution in [3.63, 3.8) is 0 Å². The highest BCUT2D eigenvalue weighted by molar-refractivity contribution is 7.99. The van der Waals surface area contributed by atoms with Crippen LogP contribution in [-0.4, -0.2) is 14.8 Å². The summed E-state index contributed by atoms with van der Waals surface area (Å²) in [7, 11) is 0. The molecule has 0 saturated heterocycles. The van der Waals surface area contributed by atoms with Crippen LogP contribution in [0.4, 0.5) is 0 Å². The number of aliphatic hydroxyl groups excluding tert-OH is 1. The Labute approximate surface area is 129 Å². The highest BCUT2D eigenvalue weighted by Gasteiger charge is 2.14. The lowest BCUT2D eigenvalue weighted by molar-refractivity contribution is 0.177. The average Bonchev–Trinajstić information content (AvgIpc) is 2.84. The summed E-state index contributed by atoms with van der Waals surface area (Å²) >= 11 is 3.59. The molecule has 2 aromatic rings. The number of aromatic nitrogens is 1. The second-order valence-corrected chi connectivity index (χ2v) is 8.51. The molecule has 0 saturated carbocycles. The van der Waals surface area contributed by atoms with Gasteiger partial charge >= 0.3 is 0 Å². The van der Waals surface area contributed by atoms with Crippen LogP contribution in [0, 0.1) is 0 Å². The summed E-state index contributed by atoms with van der Waals surface area (Å²) in [5.41, 5.74) is 1.93. The maximum absolute atomic E-state index is 10.2. The summed E-state index contributed by atoms with van der Waals surface area (Å²) in [4.78, 5) is 4.62. The standard InChI is InChI=1S/C16H21NOS2/c1-16(2,3)20-11-15-17-13(10-19-15)9-14(18)12-7-5-4-6-8-12/h4-8,10,14,18H,9,11H2,1-3H3. The number of hydrogen-bond acceptors (Lipinski definition) is 4. The van der Waals surface area contributed by atoms with E-state index >= 15 is 0 Å². The van der Waals surface area contributed by atoms with Crippen molar-refractivity contribution >= 4 is 23.1 Å². The molecule has 0 aliphatic heterocycles. The van der Waals surface area contributed by atoms with E-state index in [1.54, 1.807) is 11.3 Å². The van der Waals surface area contributed by atoms with E-state index in [2.05, 4.69) is 31.1 Å². The molecule has 1 atom stereocenters. The lowest BCUT2D eigenvalue weighted by Gasteiger charge is -2.16. The Kier molecular flexibility index (Phi) is 5.24. The van der Waals surface area contributed by atoms with Crippen LogP contribution in [0.15, 0.2) is 35.7 Å². The summed E-state index contributed by atoms with van der Waals surface area (Å²) < 4.78 is 0.259. The average molecular weight is 307 g/mol. The molecule has 0 bridgehead atoms. The van der Waals surface area contributed by atoms with Gasteiger partial charge in [0, 0.05) is 22.3 Å². The van der Waals surface area contributed by atoms with Gasteiger partial charge in [-0.3, -0.25) is 0 Å². The molecular formula is C16H21NOS2. The molecule has 0 amide bonds. The van der Waals surface area contributed by atoms with Gasteiger partial charge in [-0.05, 0) is 5.56 Å². The van der Waals surface area contributed by atoms with Crippen LogP contribution < -0.4 is 0 Å². The van der Waals surface area contributed by atoms with Crippen LogP contribution in [0.25, 0.3) is 0 Å². The van der Waals surface area contributed by atoms with Crippen molar-refractivity contribution in [2.24, 2.45) is 0 Å². The first kappa shape index (κ1) is 15.5. The molecule has 0 spiro atoms. The molecule has 0 aliphatic rings. The zero-order valence-corrected chi connectivity index (χ0v) is 13.8. The van der Waals surface area contributed by atoms with Crippen LogP contribution in [0.3, 0.4) is 0 Å². The largest absolute Gasteiger partial charge is 0.388 e. The molecule has 2 rings (SSSR count). The summed E-state index contributed by atoms with van der Waals surface area (Å²) in [5, 5.41) is 13.4. The molecule has 1 aromatic carbocycles. The van der Waals surface area contributed by atoms with Gasteiger partial charge in [0.15, 0.2) is 0 Å². The molecule has 0 fully saturated rings. The van der Waals surface area contributed by atoms with Gasteiger partial charge in [0.2, 0.25) is 0 Å². The Hall–Kier alpha value is -0.840. The zero-order chi connectivity index (χ0) is 14.6. The van der Waals surface area contributed by atoms with Gasteiger partial charge in [0.05, 0.1) is 11.8 Å². The SMILES string of the molecule is CC(C)(C)SCc1nc(CC(O)c2ccccc2)cs1. The van der Waals surface area contributed by atoms with Crippen LogP contribution >= 0.6 is 23.1 Å². The van der Waals surface area contributed by atoms with Crippen LogP contribution in [-0.2, 0) is 12.2 Å². The smallest absolute Gasteiger partial charge is 0.103 e. The monoisotopic (exact) mass is 307 g/mol. The number of thiazole rings is 1. The molecule has 2 nitrogen and oxygen atoms in total. The first-order valence-electron chi connectivity index (χ1n) is 6.74. The van der Waals surface area contributed by atoms with Gasteiger partial charge in [0.1, 0.15) is 5.01 Å². The van der Waals surface area contributed by atoms with E-state index in [4.69, 9.17) is 0 Å². The molecule has 108 valence electrons. The first-order valence-corrected chi connectivity index (χ1v) is 8.61. The number of rotatable bonds is 5. The Bertz CT molecular complexity index is 531. The third-order valence-electron chi connectivity index (χ3n) is 2.81. The Morgan fingerprint density at radius 1 is 1.25 bits per heavy atom. The van der Waals surface area contributed by atoms with E-state index in [0.717, 1.165) is 22.0 Å². The fraction of sp³-hybridized carbons (Fsp3) is 0.438. The van der Waals surface area contributed by atoms with Gasteiger partial charge in [-0.15, -0.1) is 23.1 Å². The van der Waals surface area contributed by atoms with Crippen LogP contribution in [0.1, 0.15) is 43.1 Å². The van der Waals surface area contributed by atoms with Gasteiger partial charge in [-0.1, -0.05) is 51.1 Å². The molecule has 0 radical (unpaired) electrons. The summed E-state index contributed by atoms with van der Waals surface area (Å²) in [6.45, 7) is 6.64. The van der Waals surface area contributed by atoms with Gasteiger partial charge < -0.3 is 5.11 Å². The normalized spacial score (nSPS) is 13.4. The maximum Gasteiger partial charge on any atom is 0.103 e. The highest BCUT2D eigenvalue weighted by Crippen LogP contribution is 2.29. The molecule has 1 aromatic heterocycles. The van der Waals surface area contributed by atoms with Crippen LogP contribution in [0.2, 0.25) is 0 Å². The molecule has 0 aliphatic carbocycles. The number of hydrogen-bond donors (Lipinski definition) is 1. The Balaban J connectivity index is 1.93. The minimum atomic E-state index is -0.471. The predicted octanol–water partition coefficient (Wildman–Crippen LogP) is 4.45. The van der Waals surface area contributed by atoms with Gasteiger partial charge in [0.25, 0.3) is 0 Å². The van der Waals surface area contributed by atoms with Crippen molar-refractivity contribution in [2.75, 3.05) is 0 Å². The highest BCUT2D eigenvalue weighted by atomic mass is 32.2. The number of benzene rings is 1. The quantitative estimate of drug-likeness (QED) is 0.886. The molecule has 4 heteroatoms. The molecule has 1 heterocycles. The van der Waals surface area contributed by atoms with Crippen molar-refractivity contribution < 1.29 is 5.11 Å². The third-order valence-corrected chi connectivity index (χ3v) is 5.18.